The van der Waals surface area contributed by atoms with Crippen molar-refractivity contribution in [2.45, 2.75) is 32.5 Å². The molecule has 0 N–H and O–H groups in total. The van der Waals surface area contributed by atoms with Gasteiger partial charge in [-0.1, -0.05) is 38.1 Å². The van der Waals surface area contributed by atoms with Crippen LogP contribution in [0.25, 0.3) is 0 Å². The third-order valence-corrected chi connectivity index (χ3v) is 1.85. The van der Waals surface area contributed by atoms with Crippen LogP contribution in [-0.4, -0.2) is 6.29 Å². The Kier molecular flexibility index (Phi) is 2.06. The number of carbonyl (C=O) groups is 1. The van der Waals surface area contributed by atoms with Gasteiger partial charge in [0.25, 0.3) is 0 Å². The number of aryl methyl sites for hydroxylation is 1. The number of hydrogen-bond acceptors (Lipinski definition) is 1. The molecular formula is C12H16O. The fourth-order valence-corrected chi connectivity index (χ4v) is 1.06. The van der Waals surface area contributed by atoms with Gasteiger partial charge in [-0.25, -0.2) is 0 Å². The molecule has 0 fully saturated rings. The molecule has 0 saturated heterocycles. The molecule has 1 aromatic carbocycles. The Bertz CT molecular complexity index is 395. The second kappa shape index (κ2) is 4.80. The monoisotopic (exact) mass is 180 g/mol. The number of rotatable bonds is 4. The van der Waals surface area contributed by atoms with Gasteiger partial charge in [-0.15, -0.1) is 0 Å². The minimum atomic E-state index is -2.52. The van der Waals surface area contributed by atoms with E-state index in [9.17, 15) is 4.79 Å². The fourth-order valence-electron chi connectivity index (χ4n) is 1.06. The van der Waals surface area contributed by atoms with E-state index < -0.39 is 12.7 Å². The van der Waals surface area contributed by atoms with E-state index in [-0.39, 0.29) is 11.8 Å². The van der Waals surface area contributed by atoms with Gasteiger partial charge >= 0.3 is 0 Å². The zero-order valence-electron chi connectivity index (χ0n) is 11.9. The average Bonchev–Trinajstić information content (AvgIpc) is 2.28. The van der Waals surface area contributed by atoms with E-state index in [2.05, 4.69) is 0 Å². The van der Waals surface area contributed by atoms with E-state index in [0.717, 1.165) is 5.56 Å². The first kappa shape index (κ1) is 5.58. The minimum Gasteiger partial charge on any atom is -0.303 e. The van der Waals surface area contributed by atoms with Crippen molar-refractivity contribution in [2.24, 2.45) is 0 Å². The van der Waals surface area contributed by atoms with Gasteiger partial charge in [0.15, 0.2) is 0 Å². The highest BCUT2D eigenvalue weighted by Crippen LogP contribution is 2.15. The highest BCUT2D eigenvalue weighted by Gasteiger charge is 1.98. The lowest BCUT2D eigenvalue weighted by atomic mass is 10.0. The third-order valence-electron chi connectivity index (χ3n) is 1.85. The maximum Gasteiger partial charge on any atom is 0.120 e. The summed E-state index contributed by atoms with van der Waals surface area (Å²) in [4.78, 5) is 10.6. The SMILES string of the molecule is [2H]C([2H])(C=O)C([2H])([2H])c1ccc(C(C)C)cc1. The summed E-state index contributed by atoms with van der Waals surface area (Å²) in [6, 6.07) is 6.60. The third kappa shape index (κ3) is 3.02. The van der Waals surface area contributed by atoms with Crippen molar-refractivity contribution in [2.75, 3.05) is 0 Å². The molecule has 0 amide bonds. The molecule has 0 aromatic heterocycles. The summed E-state index contributed by atoms with van der Waals surface area (Å²) in [5.41, 5.74) is 1.23. The zero-order chi connectivity index (χ0) is 13.3. The predicted molar refractivity (Wildman–Crippen MR) is 54.9 cm³/mol. The normalized spacial score (nSPS) is 17.2. The van der Waals surface area contributed by atoms with Crippen LogP contribution in [0.3, 0.4) is 0 Å². The quantitative estimate of drug-likeness (QED) is 0.651. The Morgan fingerprint density at radius 3 is 2.46 bits per heavy atom. The van der Waals surface area contributed by atoms with Crippen molar-refractivity contribution in [1.82, 2.24) is 0 Å². The maximum absolute atomic E-state index is 10.6. The molecule has 1 heteroatoms. The second-order valence-corrected chi connectivity index (χ2v) is 3.16. The fraction of sp³-hybridized carbons (Fsp3) is 0.417. The zero-order valence-corrected chi connectivity index (χ0v) is 7.87. The molecule has 0 aliphatic carbocycles. The number of hydrogen-bond donors (Lipinski definition) is 0. The molecule has 0 spiro atoms. The summed E-state index contributed by atoms with van der Waals surface area (Å²) in [6.07, 6.45) is -4.82. The Labute approximate surface area is 85.4 Å². The van der Waals surface area contributed by atoms with Crippen LogP contribution in [0.2, 0.25) is 0 Å². The van der Waals surface area contributed by atoms with E-state index in [4.69, 9.17) is 5.48 Å². The van der Waals surface area contributed by atoms with Gasteiger partial charge in [0, 0.05) is 11.9 Å². The summed E-state index contributed by atoms with van der Waals surface area (Å²) in [7, 11) is 0. The van der Waals surface area contributed by atoms with Gasteiger partial charge in [0.05, 0.1) is 0 Å². The smallest absolute Gasteiger partial charge is 0.120 e. The Balaban J connectivity index is 3.12. The molecule has 0 atom stereocenters. The average molecular weight is 180 g/mol. The van der Waals surface area contributed by atoms with Crippen molar-refractivity contribution >= 4 is 6.29 Å². The highest BCUT2D eigenvalue weighted by molar-refractivity contribution is 5.50. The van der Waals surface area contributed by atoms with E-state index in [0.29, 0.717) is 5.92 Å². The topological polar surface area (TPSA) is 17.1 Å². The summed E-state index contributed by atoms with van der Waals surface area (Å²) in [6.45, 7) is 4.04. The van der Waals surface area contributed by atoms with Crippen LogP contribution in [-0.2, 0) is 11.2 Å². The number of benzene rings is 1. The molecule has 0 heterocycles. The van der Waals surface area contributed by atoms with Gasteiger partial charge < -0.3 is 4.79 Å². The number of carbonyl (C=O) groups excluding carboxylic acids is 1. The van der Waals surface area contributed by atoms with Crippen molar-refractivity contribution in [3.63, 3.8) is 0 Å². The van der Waals surface area contributed by atoms with Crippen LogP contribution in [0.5, 0.6) is 0 Å². The Hall–Kier alpha value is -1.11. The molecule has 1 rings (SSSR count). The molecule has 1 nitrogen and oxygen atoms in total. The van der Waals surface area contributed by atoms with Crippen molar-refractivity contribution in [1.29, 1.82) is 0 Å². The molecule has 13 heavy (non-hydrogen) atoms. The first-order valence-electron chi connectivity index (χ1n) is 6.29. The van der Waals surface area contributed by atoms with Crippen LogP contribution in [0, 0.1) is 0 Å². The largest absolute Gasteiger partial charge is 0.303 e. The van der Waals surface area contributed by atoms with E-state index >= 15 is 0 Å². The summed E-state index contributed by atoms with van der Waals surface area (Å²) >= 11 is 0. The van der Waals surface area contributed by atoms with Gasteiger partial charge in [0.2, 0.25) is 0 Å². The van der Waals surface area contributed by atoms with Gasteiger partial charge in [-0.2, -0.15) is 0 Å². The Morgan fingerprint density at radius 2 is 2.00 bits per heavy atom. The summed E-state index contributed by atoms with van der Waals surface area (Å²) < 4.78 is 30.2. The Morgan fingerprint density at radius 1 is 1.38 bits per heavy atom. The van der Waals surface area contributed by atoms with Crippen LogP contribution in [0.1, 0.15) is 42.7 Å². The minimum absolute atomic E-state index is 0.0172. The number of aldehydes is 1. The summed E-state index contributed by atoms with van der Waals surface area (Å²) in [5, 5.41) is 0. The first-order valence-corrected chi connectivity index (χ1v) is 4.29. The molecule has 70 valence electrons. The molecule has 0 unspecified atom stereocenters. The molecule has 0 aliphatic rings. The maximum atomic E-state index is 10.6. The van der Waals surface area contributed by atoms with Crippen LogP contribution in [0.15, 0.2) is 24.3 Å². The molecular weight excluding hydrogens is 160 g/mol. The van der Waals surface area contributed by atoms with Gasteiger partial charge in [-0.05, 0) is 23.4 Å². The standard InChI is InChI=1S/C12H16O/c1-10(2)12-7-5-11(6-8-12)4-3-9-13/h5-10H,3-4H2,1-2H3/i3D2,4D2. The molecule has 1 aromatic rings. The van der Waals surface area contributed by atoms with Crippen LogP contribution >= 0.6 is 0 Å². The molecule has 0 bridgehead atoms. The van der Waals surface area contributed by atoms with Crippen LogP contribution in [0.4, 0.5) is 0 Å². The van der Waals surface area contributed by atoms with Crippen molar-refractivity contribution in [3.05, 3.63) is 35.4 Å². The molecule has 0 saturated carbocycles. The highest BCUT2D eigenvalue weighted by atomic mass is 16.1. The molecule has 0 radical (unpaired) electrons. The first-order chi connectivity index (χ1) is 7.72. The lowest BCUT2D eigenvalue weighted by Crippen LogP contribution is -1.89. The van der Waals surface area contributed by atoms with Crippen molar-refractivity contribution in [3.8, 4) is 0 Å². The molecule has 0 aliphatic heterocycles. The lowest BCUT2D eigenvalue weighted by molar-refractivity contribution is -0.107. The van der Waals surface area contributed by atoms with Gasteiger partial charge in [-0.3, -0.25) is 0 Å². The second-order valence-electron chi connectivity index (χ2n) is 3.16. The van der Waals surface area contributed by atoms with E-state index in [1.165, 1.54) is 12.1 Å². The predicted octanol–water partition coefficient (Wildman–Crippen LogP) is 2.94. The van der Waals surface area contributed by atoms with E-state index in [1.54, 1.807) is 12.1 Å². The summed E-state index contributed by atoms with van der Waals surface area (Å²) in [5.74, 6) is 0.331. The van der Waals surface area contributed by atoms with Crippen molar-refractivity contribution < 1.29 is 10.3 Å². The van der Waals surface area contributed by atoms with Gasteiger partial charge in [0.1, 0.15) is 6.29 Å². The van der Waals surface area contributed by atoms with E-state index in [1.807, 2.05) is 13.8 Å². The van der Waals surface area contributed by atoms with Crippen LogP contribution < -0.4 is 0 Å². The lowest BCUT2D eigenvalue weighted by Gasteiger charge is -2.05.